The van der Waals surface area contributed by atoms with Crippen molar-refractivity contribution in [3.8, 4) is 11.5 Å². The van der Waals surface area contributed by atoms with E-state index in [9.17, 15) is 14.0 Å². The van der Waals surface area contributed by atoms with Gasteiger partial charge in [0.15, 0.2) is 18.1 Å². The molecule has 202 valence electrons. The van der Waals surface area contributed by atoms with Crippen LogP contribution in [0.5, 0.6) is 11.5 Å². The Bertz CT molecular complexity index is 1640. The number of hydrogen-bond donors (Lipinski definition) is 1. The van der Waals surface area contributed by atoms with Crippen LogP contribution in [0.25, 0.3) is 10.9 Å². The second-order valence-electron chi connectivity index (χ2n) is 8.24. The van der Waals surface area contributed by atoms with Gasteiger partial charge in [-0.25, -0.2) is 9.37 Å². The van der Waals surface area contributed by atoms with Crippen molar-refractivity contribution in [1.82, 2.24) is 9.66 Å². The number of hydrogen-bond acceptors (Lipinski definition) is 6. The zero-order valence-corrected chi connectivity index (χ0v) is 24.7. The predicted molar refractivity (Wildman–Crippen MR) is 157 cm³/mol. The van der Waals surface area contributed by atoms with Gasteiger partial charge in [0.25, 0.3) is 11.5 Å². The molecule has 0 bridgehead atoms. The van der Waals surface area contributed by atoms with Crippen molar-refractivity contribution in [3.63, 3.8) is 0 Å². The van der Waals surface area contributed by atoms with Gasteiger partial charge in [-0.15, -0.1) is 0 Å². The first-order valence-electron chi connectivity index (χ1n) is 11.7. The number of nitrogens with zero attached hydrogens (tertiary/aromatic N) is 3. The molecule has 39 heavy (non-hydrogen) atoms. The van der Waals surface area contributed by atoms with E-state index in [4.69, 9.17) is 21.1 Å². The molecule has 1 aromatic heterocycles. The molecule has 0 saturated heterocycles. The number of aromatic nitrogens is 2. The highest BCUT2D eigenvalue weighted by Gasteiger charge is 2.19. The number of aryl methyl sites for hydroxylation is 1. The Kier molecular flexibility index (Phi) is 9.36. The van der Waals surface area contributed by atoms with Crippen LogP contribution in [0, 0.1) is 5.82 Å². The molecule has 1 heterocycles. The molecular weight excluding hydrogens is 659 g/mol. The molecule has 1 N–H and O–H groups in total. The largest absolute Gasteiger partial charge is 0.493 e. The third kappa shape index (κ3) is 6.48. The van der Waals surface area contributed by atoms with E-state index in [2.05, 4.69) is 47.3 Å². The highest BCUT2D eigenvalue weighted by Crippen LogP contribution is 2.42. The van der Waals surface area contributed by atoms with Crippen LogP contribution in [0.3, 0.4) is 0 Å². The molecule has 0 aliphatic rings. The summed E-state index contributed by atoms with van der Waals surface area (Å²) in [5, 5.41) is 7.42. The molecule has 3 aromatic carbocycles. The minimum atomic E-state index is -0.585. The first-order valence-corrected chi connectivity index (χ1v) is 13.7. The smallest absolute Gasteiger partial charge is 0.282 e. The highest BCUT2D eigenvalue weighted by molar-refractivity contribution is 9.10. The van der Waals surface area contributed by atoms with Gasteiger partial charge in [0, 0.05) is 20.9 Å². The Balaban J connectivity index is 1.63. The molecule has 0 saturated carbocycles. The number of nitrogens with one attached hydrogen (secondary N) is 1. The SMILES string of the molecule is CCCc1nc2ccc(Br)cc2c(=O)n1N=Cc1cc(OC)c(OCC(=O)Nc2ccccc2F)c(Cl)c1Br. The molecule has 0 unspecified atom stereocenters. The van der Waals surface area contributed by atoms with E-state index in [1.54, 1.807) is 24.3 Å². The molecule has 1 amide bonds. The van der Waals surface area contributed by atoms with Crippen molar-refractivity contribution in [2.45, 2.75) is 19.8 Å². The number of halogens is 4. The molecule has 12 heteroatoms. The Morgan fingerprint density at radius 2 is 2.00 bits per heavy atom. The summed E-state index contributed by atoms with van der Waals surface area (Å²) in [4.78, 5) is 30.2. The Hall–Kier alpha value is -3.28. The van der Waals surface area contributed by atoms with Crippen LogP contribution in [0.1, 0.15) is 24.7 Å². The number of benzene rings is 3. The lowest BCUT2D eigenvalue weighted by Crippen LogP contribution is -2.22. The maximum Gasteiger partial charge on any atom is 0.282 e. The van der Waals surface area contributed by atoms with Gasteiger partial charge in [0.05, 0.1) is 29.9 Å². The molecule has 4 aromatic rings. The van der Waals surface area contributed by atoms with Crippen molar-refractivity contribution < 1.29 is 18.7 Å². The average molecular weight is 681 g/mol. The first-order chi connectivity index (χ1) is 18.7. The van der Waals surface area contributed by atoms with E-state index in [-0.39, 0.29) is 27.8 Å². The number of carbonyl (C=O) groups is 1. The number of amides is 1. The van der Waals surface area contributed by atoms with E-state index in [1.165, 1.54) is 36.2 Å². The van der Waals surface area contributed by atoms with Crippen molar-refractivity contribution in [1.29, 1.82) is 0 Å². The summed E-state index contributed by atoms with van der Waals surface area (Å²) >= 11 is 13.4. The van der Waals surface area contributed by atoms with Crippen molar-refractivity contribution in [3.05, 3.63) is 90.1 Å². The lowest BCUT2D eigenvalue weighted by Gasteiger charge is -2.15. The van der Waals surface area contributed by atoms with E-state index < -0.39 is 18.3 Å². The quantitative estimate of drug-likeness (QED) is 0.202. The molecule has 4 rings (SSSR count). The molecule has 0 fully saturated rings. The zero-order chi connectivity index (χ0) is 28.1. The normalized spacial score (nSPS) is 11.2. The monoisotopic (exact) mass is 678 g/mol. The lowest BCUT2D eigenvalue weighted by molar-refractivity contribution is -0.118. The second-order valence-corrected chi connectivity index (χ2v) is 10.3. The molecule has 8 nitrogen and oxygen atoms in total. The van der Waals surface area contributed by atoms with E-state index in [0.29, 0.717) is 33.2 Å². The number of rotatable bonds is 9. The van der Waals surface area contributed by atoms with E-state index >= 15 is 0 Å². The Morgan fingerprint density at radius 1 is 1.23 bits per heavy atom. The van der Waals surface area contributed by atoms with Crippen LogP contribution >= 0.6 is 43.5 Å². The number of ether oxygens (including phenoxy) is 2. The number of fused-ring (bicyclic) bond motifs is 1. The van der Waals surface area contributed by atoms with Gasteiger partial charge in [-0.2, -0.15) is 9.78 Å². The predicted octanol–water partition coefficient (Wildman–Crippen LogP) is 6.57. The van der Waals surface area contributed by atoms with Gasteiger partial charge in [0.1, 0.15) is 16.7 Å². The topological polar surface area (TPSA) is 94.8 Å². The number of methoxy groups -OCH3 is 1. The fraction of sp³-hybridized carbons (Fsp3) is 0.185. The summed E-state index contributed by atoms with van der Waals surface area (Å²) in [6, 6.07) is 12.7. The molecule has 0 radical (unpaired) electrons. The summed E-state index contributed by atoms with van der Waals surface area (Å²) in [5.41, 5.74) is 0.800. The lowest BCUT2D eigenvalue weighted by atomic mass is 10.2. The summed E-state index contributed by atoms with van der Waals surface area (Å²) in [6.45, 7) is 1.54. The van der Waals surface area contributed by atoms with Gasteiger partial charge < -0.3 is 14.8 Å². The van der Waals surface area contributed by atoms with Crippen LogP contribution in [-0.2, 0) is 11.2 Å². The molecule has 0 aliphatic heterocycles. The molecule has 0 aliphatic carbocycles. The van der Waals surface area contributed by atoms with Gasteiger partial charge in [0.2, 0.25) is 0 Å². The van der Waals surface area contributed by atoms with Crippen LogP contribution in [0.4, 0.5) is 10.1 Å². The standard InChI is InChI=1S/C27H22Br2ClFN4O4/c1-3-6-22-33-19-10-9-16(28)12-17(19)27(37)35(22)32-13-15-11-21(38-2)26(25(30)24(15)29)39-14-23(36)34-20-8-5-4-7-18(20)31/h4-5,7-13H,3,6,14H2,1-2H3,(H,34,36). The van der Waals surface area contributed by atoms with Gasteiger partial charge >= 0.3 is 0 Å². The maximum atomic E-state index is 13.8. The summed E-state index contributed by atoms with van der Waals surface area (Å²) in [5.74, 6) is -0.303. The van der Waals surface area contributed by atoms with Gasteiger partial charge in [-0.05, 0) is 58.7 Å². The fourth-order valence-corrected chi connectivity index (χ4v) is 4.71. The van der Waals surface area contributed by atoms with Crippen LogP contribution in [0.15, 0.2) is 67.4 Å². The van der Waals surface area contributed by atoms with Gasteiger partial charge in [-0.3, -0.25) is 9.59 Å². The third-order valence-corrected chi connectivity index (χ3v) is 7.47. The second kappa shape index (κ2) is 12.7. The van der Waals surface area contributed by atoms with Crippen LogP contribution < -0.4 is 20.3 Å². The highest BCUT2D eigenvalue weighted by atomic mass is 79.9. The number of carbonyl (C=O) groups excluding carboxylic acids is 1. The maximum absolute atomic E-state index is 13.8. The summed E-state index contributed by atoms with van der Waals surface area (Å²) in [6.07, 6.45) is 2.77. The fourth-order valence-electron chi connectivity index (χ4n) is 3.69. The Morgan fingerprint density at radius 3 is 2.72 bits per heavy atom. The number of para-hydroxylation sites is 1. The summed E-state index contributed by atoms with van der Waals surface area (Å²) in [7, 11) is 1.42. The molecule has 0 atom stereocenters. The van der Waals surface area contributed by atoms with Crippen molar-refractivity contribution in [2.75, 3.05) is 19.0 Å². The average Bonchev–Trinajstić information content (AvgIpc) is 2.92. The number of anilines is 1. The van der Waals surface area contributed by atoms with E-state index in [1.807, 2.05) is 13.0 Å². The third-order valence-electron chi connectivity index (χ3n) is 5.53. The van der Waals surface area contributed by atoms with Crippen LogP contribution in [0.2, 0.25) is 5.02 Å². The first kappa shape index (κ1) is 28.7. The van der Waals surface area contributed by atoms with Crippen molar-refractivity contribution in [2.24, 2.45) is 5.10 Å². The molecular formula is C27H22Br2ClFN4O4. The van der Waals surface area contributed by atoms with Crippen molar-refractivity contribution >= 4 is 72.2 Å². The Labute approximate surface area is 245 Å². The molecule has 0 spiro atoms. The minimum absolute atomic E-state index is 0.0325. The minimum Gasteiger partial charge on any atom is -0.493 e. The van der Waals surface area contributed by atoms with Gasteiger partial charge in [-0.1, -0.05) is 46.6 Å². The van der Waals surface area contributed by atoms with Crippen LogP contribution in [-0.4, -0.2) is 35.5 Å². The summed E-state index contributed by atoms with van der Waals surface area (Å²) < 4.78 is 27.3. The zero-order valence-electron chi connectivity index (χ0n) is 20.8. The van der Waals surface area contributed by atoms with E-state index in [0.717, 1.165) is 10.9 Å².